The van der Waals surface area contributed by atoms with E-state index < -0.39 is 0 Å². The summed E-state index contributed by atoms with van der Waals surface area (Å²) >= 11 is 0. The SMILES string of the molecule is COc1cccc2c1c(C)cc(=O)n2C. The largest absolute Gasteiger partial charge is 0.496 e. The lowest BCUT2D eigenvalue weighted by atomic mass is 10.1. The van der Waals surface area contributed by atoms with Gasteiger partial charge in [-0.1, -0.05) is 6.07 Å². The van der Waals surface area contributed by atoms with Gasteiger partial charge in [0.25, 0.3) is 5.56 Å². The normalized spacial score (nSPS) is 10.6. The number of rotatable bonds is 1. The van der Waals surface area contributed by atoms with E-state index in [1.807, 2.05) is 25.1 Å². The predicted octanol–water partition coefficient (Wildman–Crippen LogP) is 1.86. The molecule has 0 amide bonds. The highest BCUT2D eigenvalue weighted by Gasteiger charge is 2.07. The Hall–Kier alpha value is -1.77. The van der Waals surface area contributed by atoms with Gasteiger partial charge in [-0.2, -0.15) is 0 Å². The maximum atomic E-state index is 11.6. The van der Waals surface area contributed by atoms with Crippen LogP contribution in [-0.4, -0.2) is 11.7 Å². The van der Waals surface area contributed by atoms with Crippen molar-refractivity contribution in [3.8, 4) is 5.75 Å². The van der Waals surface area contributed by atoms with E-state index in [-0.39, 0.29) is 5.56 Å². The van der Waals surface area contributed by atoms with Crippen molar-refractivity contribution in [3.05, 3.63) is 40.2 Å². The zero-order chi connectivity index (χ0) is 11.0. The molecule has 0 saturated carbocycles. The molecule has 0 aliphatic rings. The zero-order valence-corrected chi connectivity index (χ0v) is 9.07. The van der Waals surface area contributed by atoms with Gasteiger partial charge in [-0.25, -0.2) is 0 Å². The van der Waals surface area contributed by atoms with Crippen molar-refractivity contribution in [3.63, 3.8) is 0 Å². The van der Waals surface area contributed by atoms with Gasteiger partial charge in [0.05, 0.1) is 12.6 Å². The molecule has 0 aliphatic heterocycles. The summed E-state index contributed by atoms with van der Waals surface area (Å²) in [5, 5.41) is 1.00. The summed E-state index contributed by atoms with van der Waals surface area (Å²) in [6.45, 7) is 1.92. The molecule has 0 atom stereocenters. The predicted molar refractivity (Wildman–Crippen MR) is 60.5 cm³/mol. The number of benzene rings is 1. The van der Waals surface area contributed by atoms with E-state index in [1.165, 1.54) is 0 Å². The van der Waals surface area contributed by atoms with Crippen LogP contribution in [0.25, 0.3) is 10.9 Å². The summed E-state index contributed by atoms with van der Waals surface area (Å²) in [4.78, 5) is 11.6. The molecule has 0 bridgehead atoms. The van der Waals surface area contributed by atoms with Crippen molar-refractivity contribution in [1.29, 1.82) is 0 Å². The number of hydrogen-bond acceptors (Lipinski definition) is 2. The quantitative estimate of drug-likeness (QED) is 0.708. The van der Waals surface area contributed by atoms with E-state index in [0.29, 0.717) is 0 Å². The Kier molecular flexibility index (Phi) is 2.23. The van der Waals surface area contributed by atoms with Crippen molar-refractivity contribution in [1.82, 2.24) is 4.57 Å². The Labute approximate surface area is 87.9 Å². The van der Waals surface area contributed by atoms with E-state index in [1.54, 1.807) is 24.8 Å². The zero-order valence-electron chi connectivity index (χ0n) is 9.07. The highest BCUT2D eigenvalue weighted by atomic mass is 16.5. The second kappa shape index (κ2) is 3.42. The molecule has 0 saturated heterocycles. The van der Waals surface area contributed by atoms with Crippen molar-refractivity contribution < 1.29 is 4.74 Å². The number of aromatic nitrogens is 1. The van der Waals surface area contributed by atoms with Gasteiger partial charge in [0.15, 0.2) is 0 Å². The van der Waals surface area contributed by atoms with E-state index in [9.17, 15) is 4.79 Å². The molecule has 1 aromatic heterocycles. The highest BCUT2D eigenvalue weighted by Crippen LogP contribution is 2.26. The third kappa shape index (κ3) is 1.40. The van der Waals surface area contributed by atoms with Crippen LogP contribution in [0.3, 0.4) is 0 Å². The molecule has 2 aromatic rings. The van der Waals surface area contributed by atoms with Gasteiger partial charge in [-0.05, 0) is 24.6 Å². The topological polar surface area (TPSA) is 31.2 Å². The molecule has 2 rings (SSSR count). The molecule has 0 aliphatic carbocycles. The van der Waals surface area contributed by atoms with Crippen molar-refractivity contribution in [2.45, 2.75) is 6.92 Å². The lowest BCUT2D eigenvalue weighted by molar-refractivity contribution is 0.419. The van der Waals surface area contributed by atoms with Gasteiger partial charge in [0.2, 0.25) is 0 Å². The maximum absolute atomic E-state index is 11.6. The van der Waals surface area contributed by atoms with Gasteiger partial charge in [-0.3, -0.25) is 4.79 Å². The molecule has 1 heterocycles. The lowest BCUT2D eigenvalue weighted by Crippen LogP contribution is -2.16. The molecular weight excluding hydrogens is 190 g/mol. The molecular formula is C12H13NO2. The number of pyridine rings is 1. The van der Waals surface area contributed by atoms with Gasteiger partial charge in [0.1, 0.15) is 5.75 Å². The number of nitrogens with zero attached hydrogens (tertiary/aromatic N) is 1. The second-order valence-corrected chi connectivity index (χ2v) is 3.58. The standard InChI is InChI=1S/C12H13NO2/c1-8-7-11(14)13(2)9-5-4-6-10(15-3)12(8)9/h4-7H,1-3H3. The molecule has 0 radical (unpaired) electrons. The van der Waals surface area contributed by atoms with E-state index in [4.69, 9.17) is 4.74 Å². The Morgan fingerprint density at radius 3 is 2.73 bits per heavy atom. The summed E-state index contributed by atoms with van der Waals surface area (Å²) in [5.41, 5.74) is 1.86. The van der Waals surface area contributed by atoms with Crippen LogP contribution in [-0.2, 0) is 7.05 Å². The fourth-order valence-corrected chi connectivity index (χ4v) is 1.84. The molecule has 15 heavy (non-hydrogen) atoms. The van der Waals surface area contributed by atoms with Crippen LogP contribution in [0.4, 0.5) is 0 Å². The maximum Gasteiger partial charge on any atom is 0.251 e. The molecule has 78 valence electrons. The van der Waals surface area contributed by atoms with Crippen LogP contribution in [0.1, 0.15) is 5.56 Å². The summed E-state index contributed by atoms with van der Waals surface area (Å²) in [5.74, 6) is 0.806. The smallest absolute Gasteiger partial charge is 0.251 e. The molecule has 3 nitrogen and oxygen atoms in total. The molecule has 0 unspecified atom stereocenters. The van der Waals surface area contributed by atoms with Crippen LogP contribution in [0.5, 0.6) is 5.75 Å². The van der Waals surface area contributed by atoms with Crippen molar-refractivity contribution >= 4 is 10.9 Å². The molecule has 3 heteroatoms. The number of ether oxygens (including phenoxy) is 1. The van der Waals surface area contributed by atoms with E-state index in [0.717, 1.165) is 22.2 Å². The Balaban J connectivity index is 3.01. The average molecular weight is 203 g/mol. The first-order valence-electron chi connectivity index (χ1n) is 4.78. The first-order chi connectivity index (χ1) is 7.15. The minimum Gasteiger partial charge on any atom is -0.496 e. The Morgan fingerprint density at radius 1 is 1.33 bits per heavy atom. The number of hydrogen-bond donors (Lipinski definition) is 0. The van der Waals surface area contributed by atoms with Gasteiger partial charge < -0.3 is 9.30 Å². The van der Waals surface area contributed by atoms with Crippen LogP contribution in [0.2, 0.25) is 0 Å². The minimum absolute atomic E-state index is 0.00764. The third-order valence-electron chi connectivity index (χ3n) is 2.65. The average Bonchev–Trinajstić information content (AvgIpc) is 2.25. The molecule has 0 spiro atoms. The molecule has 0 fully saturated rings. The highest BCUT2D eigenvalue weighted by molar-refractivity contribution is 5.88. The van der Waals surface area contributed by atoms with Crippen LogP contribution in [0, 0.1) is 6.92 Å². The summed E-state index contributed by atoms with van der Waals surface area (Å²) in [7, 11) is 3.41. The number of fused-ring (bicyclic) bond motifs is 1. The monoisotopic (exact) mass is 203 g/mol. The van der Waals surface area contributed by atoms with Crippen LogP contribution < -0.4 is 10.3 Å². The van der Waals surface area contributed by atoms with Gasteiger partial charge in [0, 0.05) is 18.5 Å². The number of aryl methyl sites for hydroxylation is 2. The fourth-order valence-electron chi connectivity index (χ4n) is 1.84. The Bertz CT molecular complexity index is 570. The Morgan fingerprint density at radius 2 is 2.07 bits per heavy atom. The molecule has 0 N–H and O–H groups in total. The third-order valence-corrected chi connectivity index (χ3v) is 2.65. The first-order valence-corrected chi connectivity index (χ1v) is 4.78. The summed E-state index contributed by atoms with van der Waals surface area (Å²) in [6, 6.07) is 7.34. The van der Waals surface area contributed by atoms with E-state index >= 15 is 0 Å². The minimum atomic E-state index is 0.00764. The van der Waals surface area contributed by atoms with E-state index in [2.05, 4.69) is 0 Å². The summed E-state index contributed by atoms with van der Waals surface area (Å²) < 4.78 is 6.92. The second-order valence-electron chi connectivity index (χ2n) is 3.58. The fraction of sp³-hybridized carbons (Fsp3) is 0.250. The van der Waals surface area contributed by atoms with Gasteiger partial charge >= 0.3 is 0 Å². The van der Waals surface area contributed by atoms with Gasteiger partial charge in [-0.15, -0.1) is 0 Å². The van der Waals surface area contributed by atoms with Crippen LogP contribution >= 0.6 is 0 Å². The van der Waals surface area contributed by atoms with Crippen molar-refractivity contribution in [2.24, 2.45) is 7.05 Å². The van der Waals surface area contributed by atoms with Crippen molar-refractivity contribution in [2.75, 3.05) is 7.11 Å². The summed E-state index contributed by atoms with van der Waals surface area (Å²) in [6.07, 6.45) is 0. The molecule has 1 aromatic carbocycles. The van der Waals surface area contributed by atoms with Crippen LogP contribution in [0.15, 0.2) is 29.1 Å². The number of methoxy groups -OCH3 is 1. The lowest BCUT2D eigenvalue weighted by Gasteiger charge is -2.10. The first kappa shape index (κ1) is 9.77.